The van der Waals surface area contributed by atoms with Crippen molar-refractivity contribution in [2.75, 3.05) is 67.9 Å². The lowest BCUT2D eigenvalue weighted by Gasteiger charge is -2.29. The van der Waals surface area contributed by atoms with E-state index in [1.165, 1.54) is 28.0 Å². The van der Waals surface area contributed by atoms with Gasteiger partial charge < -0.3 is 30.1 Å². The second-order valence-corrected chi connectivity index (χ2v) is 13.6. The van der Waals surface area contributed by atoms with Crippen LogP contribution < -0.4 is 20.4 Å². The molecule has 1 saturated heterocycles. The number of carbonyl (C=O) groups is 3. The van der Waals surface area contributed by atoms with E-state index in [0.717, 1.165) is 0 Å². The van der Waals surface area contributed by atoms with E-state index >= 15 is 8.78 Å². The van der Waals surface area contributed by atoms with Crippen LogP contribution in [-0.2, 0) is 11.8 Å². The monoisotopic (exact) mass is 759 g/mol. The van der Waals surface area contributed by atoms with E-state index in [2.05, 4.69) is 15.7 Å². The molecular formula is C41H39F2N9O4. The van der Waals surface area contributed by atoms with Crippen LogP contribution in [-0.4, -0.2) is 89.9 Å². The number of nitrogens with zero attached hydrogens (tertiary/aromatic N) is 7. The molecule has 0 radical (unpaired) electrons. The summed E-state index contributed by atoms with van der Waals surface area (Å²) in [6.07, 6.45) is 3.28. The number of carbonyl (C=O) groups excluding carboxylic acids is 3. The summed E-state index contributed by atoms with van der Waals surface area (Å²) in [5, 5.41) is 9.94. The quantitative estimate of drug-likeness (QED) is 0.174. The molecule has 7 rings (SSSR count). The van der Waals surface area contributed by atoms with Gasteiger partial charge in [-0.15, -0.1) is 0 Å². The Balaban J connectivity index is 1.10. The molecule has 13 nitrogen and oxygen atoms in total. The largest absolute Gasteiger partial charge is 0.378 e. The molecule has 2 N–H and O–H groups in total. The first-order valence-electron chi connectivity index (χ1n) is 17.8. The fourth-order valence-corrected chi connectivity index (χ4v) is 6.48. The van der Waals surface area contributed by atoms with Gasteiger partial charge in [0.1, 0.15) is 17.5 Å². The minimum absolute atomic E-state index is 0.0952. The Hall–Kier alpha value is -6.74. The van der Waals surface area contributed by atoms with E-state index in [-0.39, 0.29) is 23.3 Å². The first-order valence-corrected chi connectivity index (χ1v) is 17.8. The number of hydrogen-bond donors (Lipinski definition) is 2. The Morgan fingerprint density at radius 2 is 1.55 bits per heavy atom. The zero-order chi connectivity index (χ0) is 39.7. The number of nitrogens with one attached hydrogen (secondary N) is 2. The van der Waals surface area contributed by atoms with Gasteiger partial charge in [0.15, 0.2) is 5.82 Å². The summed E-state index contributed by atoms with van der Waals surface area (Å²) in [4.78, 5) is 53.4. The molecule has 0 aliphatic carbocycles. The van der Waals surface area contributed by atoms with Crippen molar-refractivity contribution in [2.45, 2.75) is 6.92 Å². The summed E-state index contributed by atoms with van der Waals surface area (Å²) in [5.41, 5.74) is 3.90. The van der Waals surface area contributed by atoms with Crippen LogP contribution >= 0.6 is 0 Å². The molecule has 1 fully saturated rings. The number of urea groups is 1. The smallest absolute Gasteiger partial charge is 0.323 e. The number of amides is 4. The molecule has 0 unspecified atom stereocenters. The maximum Gasteiger partial charge on any atom is 0.323 e. The van der Waals surface area contributed by atoms with Gasteiger partial charge in [0.05, 0.1) is 30.6 Å². The number of aryl methyl sites for hydroxylation is 1. The first-order chi connectivity index (χ1) is 26.9. The molecule has 0 atom stereocenters. The molecule has 15 heteroatoms. The number of anilines is 4. The van der Waals surface area contributed by atoms with Crippen LogP contribution in [0.2, 0.25) is 0 Å². The number of aromatic nitrogens is 4. The number of morpholine rings is 1. The third-order valence-corrected chi connectivity index (χ3v) is 9.59. The highest BCUT2D eigenvalue weighted by Crippen LogP contribution is 2.34. The van der Waals surface area contributed by atoms with Crippen LogP contribution in [0.5, 0.6) is 0 Å². The standard InChI is InChI=1S/C41H39F2N9O4/c1-24-29(40(54)51(5)28-12-9-25(10-13-28)39(53)49(2)3)7-6-8-34(24)46-41(55)47-35-14-11-26(19-33(35)43)37-45-36-21-30(27-22-44-50(4)23-27)32(42)20-31(36)38(48-37)52-15-17-56-18-16-52/h6-14,19-23H,15-18H2,1-5H3,(H2,46,47,55). The molecule has 2 aromatic heterocycles. The average molecular weight is 760 g/mol. The Morgan fingerprint density at radius 3 is 2.23 bits per heavy atom. The summed E-state index contributed by atoms with van der Waals surface area (Å²) >= 11 is 0. The molecule has 0 spiro atoms. The van der Waals surface area contributed by atoms with Crippen molar-refractivity contribution < 1.29 is 27.9 Å². The normalized spacial score (nSPS) is 12.7. The van der Waals surface area contributed by atoms with Gasteiger partial charge in [-0.1, -0.05) is 6.07 Å². The minimum atomic E-state index is -0.731. The van der Waals surface area contributed by atoms with Crippen LogP contribution in [0.1, 0.15) is 26.3 Å². The van der Waals surface area contributed by atoms with Crippen LogP contribution in [0.25, 0.3) is 33.4 Å². The zero-order valence-corrected chi connectivity index (χ0v) is 31.4. The average Bonchev–Trinajstić information content (AvgIpc) is 3.64. The topological polar surface area (TPSA) is 138 Å². The summed E-state index contributed by atoms with van der Waals surface area (Å²) in [5.74, 6) is -0.934. The summed E-state index contributed by atoms with van der Waals surface area (Å²) in [6.45, 7) is 3.72. The van der Waals surface area contributed by atoms with E-state index in [9.17, 15) is 14.4 Å². The highest BCUT2D eigenvalue weighted by atomic mass is 19.1. The zero-order valence-electron chi connectivity index (χ0n) is 31.4. The Kier molecular flexibility index (Phi) is 10.4. The van der Waals surface area contributed by atoms with Crippen molar-refractivity contribution in [2.24, 2.45) is 7.05 Å². The Bertz CT molecular complexity index is 2480. The van der Waals surface area contributed by atoms with Crippen LogP contribution in [0.15, 0.2) is 85.2 Å². The van der Waals surface area contributed by atoms with Gasteiger partial charge in [-0.25, -0.2) is 23.5 Å². The molecule has 286 valence electrons. The lowest BCUT2D eigenvalue weighted by atomic mass is 10.0. The lowest BCUT2D eigenvalue weighted by molar-refractivity contribution is 0.0827. The van der Waals surface area contributed by atoms with E-state index in [0.29, 0.717) is 87.8 Å². The van der Waals surface area contributed by atoms with Crippen molar-refractivity contribution in [3.05, 3.63) is 114 Å². The fourth-order valence-electron chi connectivity index (χ4n) is 6.48. The molecule has 4 aromatic carbocycles. The van der Waals surface area contributed by atoms with Gasteiger partial charge in [-0.05, 0) is 79.2 Å². The Labute approximate surface area is 321 Å². The first kappa shape index (κ1) is 37.6. The van der Waals surface area contributed by atoms with Gasteiger partial charge in [-0.3, -0.25) is 14.3 Å². The van der Waals surface area contributed by atoms with Crippen LogP contribution in [0.3, 0.4) is 0 Å². The van der Waals surface area contributed by atoms with Gasteiger partial charge in [0, 0.05) is 92.1 Å². The summed E-state index contributed by atoms with van der Waals surface area (Å²) in [6, 6.07) is 18.2. The highest BCUT2D eigenvalue weighted by molar-refractivity contribution is 6.09. The number of ether oxygens (including phenoxy) is 1. The fraction of sp³-hybridized carbons (Fsp3) is 0.220. The predicted molar refractivity (Wildman–Crippen MR) is 211 cm³/mol. The molecule has 3 heterocycles. The Morgan fingerprint density at radius 1 is 0.821 bits per heavy atom. The van der Waals surface area contributed by atoms with E-state index < -0.39 is 17.7 Å². The number of benzene rings is 4. The van der Waals surface area contributed by atoms with Crippen molar-refractivity contribution >= 4 is 51.6 Å². The van der Waals surface area contributed by atoms with Gasteiger partial charge in [0.25, 0.3) is 11.8 Å². The lowest BCUT2D eigenvalue weighted by Crippen LogP contribution is -2.37. The molecule has 56 heavy (non-hydrogen) atoms. The molecule has 4 amide bonds. The number of halogens is 2. The SMILES string of the molecule is Cc1c(NC(=O)Nc2ccc(-c3nc(N4CCOCC4)c4cc(F)c(-c5cnn(C)c5)cc4n3)cc2F)cccc1C(=O)N(C)c1ccc(C(=O)N(C)C)cc1. The van der Waals surface area contributed by atoms with Crippen molar-refractivity contribution in [1.29, 1.82) is 0 Å². The van der Waals surface area contributed by atoms with E-state index in [4.69, 9.17) is 14.7 Å². The molecule has 0 bridgehead atoms. The molecule has 1 aliphatic rings. The number of rotatable bonds is 8. The van der Waals surface area contributed by atoms with Crippen molar-refractivity contribution in [1.82, 2.24) is 24.6 Å². The molecule has 6 aromatic rings. The van der Waals surface area contributed by atoms with Crippen molar-refractivity contribution in [3.8, 4) is 22.5 Å². The van der Waals surface area contributed by atoms with Gasteiger partial charge >= 0.3 is 6.03 Å². The van der Waals surface area contributed by atoms with Gasteiger partial charge in [0.2, 0.25) is 0 Å². The van der Waals surface area contributed by atoms with Crippen LogP contribution in [0, 0.1) is 18.6 Å². The van der Waals surface area contributed by atoms with E-state index in [1.807, 2.05) is 4.90 Å². The second kappa shape index (κ2) is 15.5. The summed E-state index contributed by atoms with van der Waals surface area (Å²) < 4.78 is 38.3. The maximum atomic E-state index is 15.7. The number of fused-ring (bicyclic) bond motifs is 1. The predicted octanol–water partition coefficient (Wildman–Crippen LogP) is 6.74. The van der Waals surface area contributed by atoms with E-state index in [1.54, 1.807) is 107 Å². The third-order valence-electron chi connectivity index (χ3n) is 9.59. The third kappa shape index (κ3) is 7.61. The second-order valence-electron chi connectivity index (χ2n) is 13.6. The van der Waals surface area contributed by atoms with Crippen molar-refractivity contribution in [3.63, 3.8) is 0 Å². The summed E-state index contributed by atoms with van der Waals surface area (Å²) in [7, 11) is 6.70. The maximum absolute atomic E-state index is 15.7. The number of hydrogen-bond acceptors (Lipinski definition) is 8. The molecule has 0 saturated carbocycles. The molecule has 1 aliphatic heterocycles. The minimum Gasteiger partial charge on any atom is -0.378 e. The van der Waals surface area contributed by atoms with Gasteiger partial charge in [-0.2, -0.15) is 5.10 Å². The molecular weight excluding hydrogens is 721 g/mol. The van der Waals surface area contributed by atoms with Crippen LogP contribution in [0.4, 0.5) is 36.5 Å². The highest BCUT2D eigenvalue weighted by Gasteiger charge is 2.23.